The molecule has 19 heteroatoms. The Kier molecular flexibility index (Phi) is 72.9. The van der Waals surface area contributed by atoms with E-state index in [-0.39, 0.29) is 25.7 Å². The summed E-state index contributed by atoms with van der Waals surface area (Å²) in [5, 5.41) is 10.6. The van der Waals surface area contributed by atoms with Crippen LogP contribution in [0.1, 0.15) is 323 Å². The number of hydrogen-bond acceptors (Lipinski definition) is 15. The number of aliphatic hydroxyl groups is 1. The van der Waals surface area contributed by atoms with E-state index >= 15 is 0 Å². The van der Waals surface area contributed by atoms with E-state index in [1.807, 2.05) is 0 Å². The highest BCUT2D eigenvalue weighted by atomic mass is 31.2. The molecule has 3 N–H and O–H groups in total. The van der Waals surface area contributed by atoms with Crippen LogP contribution in [-0.4, -0.2) is 96.7 Å². The maximum Gasteiger partial charge on any atom is 0.472 e. The van der Waals surface area contributed by atoms with Crippen molar-refractivity contribution in [3.63, 3.8) is 0 Å². The van der Waals surface area contributed by atoms with Gasteiger partial charge in [0, 0.05) is 25.7 Å². The molecule has 0 bridgehead atoms. The van der Waals surface area contributed by atoms with Crippen molar-refractivity contribution in [1.29, 1.82) is 0 Å². The van der Waals surface area contributed by atoms with E-state index in [0.717, 1.165) is 205 Å². The van der Waals surface area contributed by atoms with Gasteiger partial charge >= 0.3 is 39.5 Å². The van der Waals surface area contributed by atoms with E-state index in [1.54, 1.807) is 0 Å². The zero-order valence-corrected chi connectivity index (χ0v) is 66.9. The smallest absolute Gasteiger partial charge is 0.462 e. The molecule has 0 aromatic carbocycles. The summed E-state index contributed by atoms with van der Waals surface area (Å²) in [6, 6.07) is 0. The molecule has 0 amide bonds. The second-order valence-electron chi connectivity index (χ2n) is 26.6. The largest absolute Gasteiger partial charge is 0.472 e. The van der Waals surface area contributed by atoms with Crippen molar-refractivity contribution in [2.75, 3.05) is 39.6 Å². The zero-order valence-electron chi connectivity index (χ0n) is 65.2. The summed E-state index contributed by atoms with van der Waals surface area (Å²) in [5.74, 6) is -2.25. The first-order chi connectivity index (χ1) is 50.7. The van der Waals surface area contributed by atoms with Crippen LogP contribution in [0.2, 0.25) is 0 Å². The van der Waals surface area contributed by atoms with Gasteiger partial charge < -0.3 is 33.8 Å². The Labute approximate surface area is 631 Å². The average Bonchev–Trinajstić information content (AvgIpc) is 0.926. The topological polar surface area (TPSA) is 237 Å². The van der Waals surface area contributed by atoms with Crippen LogP contribution >= 0.6 is 15.6 Å². The van der Waals surface area contributed by atoms with Crippen molar-refractivity contribution < 1.29 is 80.2 Å². The first-order valence-electron chi connectivity index (χ1n) is 40.4. The summed E-state index contributed by atoms with van der Waals surface area (Å²) in [4.78, 5) is 73.1. The summed E-state index contributed by atoms with van der Waals surface area (Å²) in [6.45, 7) is 4.48. The lowest BCUT2D eigenvalue weighted by molar-refractivity contribution is -0.161. The molecule has 5 unspecified atom stereocenters. The SMILES string of the molecule is CC/C=C\C/C=C\C/C=C\C/C=C\CCCCC(=O)OCC(COP(=O)(O)OCC(O)COP(=O)(O)OCC(COC(=O)CCCCCCCCC/C=C\C/C=C\C/C=C\CC)OC(=O)CCCCCCCCC/C=C\C/C=C\C/C=C\CC)OC(=O)CCCCCCC/C=C\CCCCCCCC. The average molecular weight is 1500 g/mol. The minimum Gasteiger partial charge on any atom is -0.462 e. The third kappa shape index (κ3) is 75.4. The quantitative estimate of drug-likeness (QED) is 0.0169. The monoisotopic (exact) mass is 1500 g/mol. The number of hydrogen-bond donors (Lipinski definition) is 3. The standard InChI is InChI=1S/C85H144O17P2/c1-5-9-13-17-21-25-29-33-37-39-43-46-50-54-58-62-66-70-83(88)96-76-81(102-85(90)72-68-64-60-56-52-48-44-40-38-34-30-26-22-18-14-10-6-2)78-100-104(93,94)98-74-79(86)73-97-103(91,92)99-77-80(101-84(89)71-67-63-59-55-51-47-42-36-32-28-24-20-16-12-8-4)75-95-82(87)69-65-61-57-53-49-45-41-35-31-27-23-19-15-11-7-3/h9-11,13-15,21-23,25-27,33-38,41-42,49,53,79-81,86H,5-8,12,16-20,24,28-32,39-40,43-48,50-52,54-78H2,1-4H3,(H,91,92)(H,93,94)/b13-9-,14-10-,15-11-,25-21-,26-22-,27-23-,37-33-,38-34-,41-35-,42-36-,53-49-. The van der Waals surface area contributed by atoms with Crippen LogP contribution in [-0.2, 0) is 65.4 Å². The van der Waals surface area contributed by atoms with E-state index in [4.69, 9.17) is 37.0 Å². The first kappa shape index (κ1) is 99.2. The number of ether oxygens (including phenoxy) is 4. The van der Waals surface area contributed by atoms with Crippen molar-refractivity contribution in [3.05, 3.63) is 134 Å². The Morgan fingerprint density at radius 3 is 0.798 bits per heavy atom. The second-order valence-corrected chi connectivity index (χ2v) is 29.5. The highest BCUT2D eigenvalue weighted by Gasteiger charge is 2.30. The maximum absolute atomic E-state index is 13.1. The Morgan fingerprint density at radius 1 is 0.279 bits per heavy atom. The first-order valence-corrected chi connectivity index (χ1v) is 43.4. The minimum absolute atomic E-state index is 0.0737. The molecule has 104 heavy (non-hydrogen) atoms. The van der Waals surface area contributed by atoms with Gasteiger partial charge in [0.05, 0.1) is 26.4 Å². The van der Waals surface area contributed by atoms with Crippen molar-refractivity contribution in [1.82, 2.24) is 0 Å². The van der Waals surface area contributed by atoms with E-state index in [2.05, 4.69) is 161 Å². The lowest BCUT2D eigenvalue weighted by Gasteiger charge is -2.21. The molecule has 0 saturated heterocycles. The Hall–Kier alpha value is -4.80. The number of unbranched alkanes of at least 4 members (excludes halogenated alkanes) is 27. The number of phosphoric ester groups is 2. The number of rotatable bonds is 75. The fourth-order valence-electron chi connectivity index (χ4n) is 10.5. The molecule has 0 saturated carbocycles. The predicted octanol–water partition coefficient (Wildman–Crippen LogP) is 23.7. The Bertz CT molecular complexity index is 2490. The van der Waals surface area contributed by atoms with E-state index in [0.29, 0.717) is 25.7 Å². The van der Waals surface area contributed by atoms with Crippen LogP contribution in [0.5, 0.6) is 0 Å². The summed E-state index contributed by atoms with van der Waals surface area (Å²) in [5.41, 5.74) is 0. The van der Waals surface area contributed by atoms with Crippen molar-refractivity contribution in [2.24, 2.45) is 0 Å². The molecular formula is C85H144O17P2. The van der Waals surface area contributed by atoms with Crippen LogP contribution in [0, 0.1) is 0 Å². The molecule has 0 aliphatic carbocycles. The highest BCUT2D eigenvalue weighted by molar-refractivity contribution is 7.47. The molecule has 0 radical (unpaired) electrons. The molecule has 0 heterocycles. The fourth-order valence-corrected chi connectivity index (χ4v) is 12.1. The summed E-state index contributed by atoms with van der Waals surface area (Å²) < 4.78 is 68.6. The van der Waals surface area contributed by atoms with Crippen molar-refractivity contribution >= 4 is 39.5 Å². The number of carbonyl (C=O) groups is 4. The predicted molar refractivity (Wildman–Crippen MR) is 427 cm³/mol. The van der Waals surface area contributed by atoms with Crippen LogP contribution in [0.15, 0.2) is 134 Å². The molecule has 0 aliphatic rings. The second kappa shape index (κ2) is 76.4. The third-order valence-electron chi connectivity index (χ3n) is 16.6. The fraction of sp³-hybridized carbons (Fsp3) is 0.694. The molecule has 17 nitrogen and oxygen atoms in total. The number of aliphatic hydroxyl groups excluding tert-OH is 1. The number of carbonyl (C=O) groups excluding carboxylic acids is 4. The van der Waals surface area contributed by atoms with Gasteiger partial charge in [0.2, 0.25) is 0 Å². The lowest BCUT2D eigenvalue weighted by atomic mass is 10.1. The lowest BCUT2D eigenvalue weighted by Crippen LogP contribution is -2.30. The molecule has 0 aromatic rings. The van der Waals surface area contributed by atoms with E-state index in [1.165, 1.54) is 38.5 Å². The Morgan fingerprint density at radius 2 is 0.500 bits per heavy atom. The van der Waals surface area contributed by atoms with Crippen molar-refractivity contribution in [3.8, 4) is 0 Å². The number of allylic oxidation sites excluding steroid dienone is 22. The third-order valence-corrected chi connectivity index (χ3v) is 18.5. The molecule has 596 valence electrons. The molecule has 0 spiro atoms. The van der Waals surface area contributed by atoms with Gasteiger partial charge in [0.25, 0.3) is 0 Å². The highest BCUT2D eigenvalue weighted by Crippen LogP contribution is 2.45. The molecule has 0 aliphatic heterocycles. The van der Waals surface area contributed by atoms with Gasteiger partial charge in [-0.1, -0.05) is 277 Å². The van der Waals surface area contributed by atoms with E-state index < -0.39 is 97.5 Å². The van der Waals surface area contributed by atoms with Gasteiger partial charge in [-0.25, -0.2) is 9.13 Å². The van der Waals surface area contributed by atoms with Crippen LogP contribution in [0.25, 0.3) is 0 Å². The van der Waals surface area contributed by atoms with Crippen LogP contribution in [0.4, 0.5) is 0 Å². The Balaban J connectivity index is 5.42. The van der Waals surface area contributed by atoms with E-state index in [9.17, 15) is 43.2 Å². The zero-order chi connectivity index (χ0) is 76.0. The molecule has 0 aromatic heterocycles. The van der Waals surface area contributed by atoms with Crippen molar-refractivity contribution in [2.45, 2.75) is 341 Å². The summed E-state index contributed by atoms with van der Waals surface area (Å²) in [6.07, 6.45) is 85.7. The number of esters is 4. The maximum atomic E-state index is 13.1. The molecule has 0 rings (SSSR count). The van der Waals surface area contributed by atoms with Gasteiger partial charge in [-0.05, 0) is 154 Å². The molecular weight excluding hydrogens is 1350 g/mol. The minimum atomic E-state index is -4.99. The normalized spacial score (nSPS) is 14.6. The van der Waals surface area contributed by atoms with Crippen LogP contribution in [0.3, 0.4) is 0 Å². The van der Waals surface area contributed by atoms with Crippen LogP contribution < -0.4 is 0 Å². The molecule has 5 atom stereocenters. The van der Waals surface area contributed by atoms with Gasteiger partial charge in [-0.3, -0.25) is 37.3 Å². The van der Waals surface area contributed by atoms with Gasteiger partial charge in [-0.2, -0.15) is 0 Å². The van der Waals surface area contributed by atoms with Gasteiger partial charge in [-0.15, -0.1) is 0 Å². The summed E-state index contributed by atoms with van der Waals surface area (Å²) in [7, 11) is -9.98. The van der Waals surface area contributed by atoms with Gasteiger partial charge in [0.1, 0.15) is 19.3 Å². The summed E-state index contributed by atoms with van der Waals surface area (Å²) >= 11 is 0. The number of phosphoric acid groups is 2. The van der Waals surface area contributed by atoms with Gasteiger partial charge in [0.15, 0.2) is 12.2 Å². The molecule has 0 fully saturated rings.